The molecule has 0 aromatic carbocycles. The summed E-state index contributed by atoms with van der Waals surface area (Å²) < 4.78 is 9.80. The number of amides is 2. The lowest BCUT2D eigenvalue weighted by Gasteiger charge is -2.10. The zero-order valence-electron chi connectivity index (χ0n) is 13.3. The summed E-state index contributed by atoms with van der Waals surface area (Å²) >= 11 is 0. The summed E-state index contributed by atoms with van der Waals surface area (Å²) in [5, 5.41) is 11.4. The molecule has 13 heteroatoms. The number of carbonyl (C=O) groups is 2. The second kappa shape index (κ2) is 7.64. The third-order valence-electron chi connectivity index (χ3n) is 3.08. The molecule has 3 heterocycles. The van der Waals surface area contributed by atoms with Gasteiger partial charge in [0.2, 0.25) is 11.6 Å². The molecule has 3 aromatic rings. The number of carbonyl (C=O) groups excluding carboxylic acids is 2. The Morgan fingerprint density at radius 1 is 0.926 bits per heavy atom. The molecule has 0 radical (unpaired) electrons. The number of nitrogens with one attached hydrogen (secondary N) is 4. The number of nitro groups is 1. The Labute approximate surface area is 149 Å². The van der Waals surface area contributed by atoms with Crippen LogP contribution in [0.1, 0.15) is 21.1 Å². The summed E-state index contributed by atoms with van der Waals surface area (Å²) in [7, 11) is 0. The molecule has 2 amide bonds. The van der Waals surface area contributed by atoms with Crippen LogP contribution in [0.15, 0.2) is 52.0 Å². The van der Waals surface area contributed by atoms with Crippen molar-refractivity contribution in [3.8, 4) is 0 Å². The standard InChI is InChI=1S/C14H11N7O6/c22-13(8-3-1-5-26-8)19-17-11-10(21(24)25)12(16-7-15-11)18-20-14(23)9-4-2-6-27-9/h1-7H,(H,19,22)(H,20,23)(H2,15,16,17,18). The molecule has 3 rings (SSSR count). The third kappa shape index (κ3) is 3.98. The van der Waals surface area contributed by atoms with Gasteiger partial charge in [-0.15, -0.1) is 0 Å². The first-order chi connectivity index (χ1) is 13.1. The minimum Gasteiger partial charge on any atom is -0.459 e. The second-order valence-corrected chi connectivity index (χ2v) is 4.79. The van der Waals surface area contributed by atoms with Gasteiger partial charge >= 0.3 is 17.5 Å². The Hall–Kier alpha value is -4.42. The van der Waals surface area contributed by atoms with E-state index in [4.69, 9.17) is 8.83 Å². The van der Waals surface area contributed by atoms with E-state index in [1.54, 1.807) is 0 Å². The van der Waals surface area contributed by atoms with Gasteiger partial charge < -0.3 is 8.83 Å². The number of rotatable bonds is 7. The Morgan fingerprint density at radius 2 is 1.41 bits per heavy atom. The van der Waals surface area contributed by atoms with Gasteiger partial charge in [0, 0.05) is 0 Å². The lowest BCUT2D eigenvalue weighted by molar-refractivity contribution is -0.383. The second-order valence-electron chi connectivity index (χ2n) is 4.79. The lowest BCUT2D eigenvalue weighted by atomic mass is 10.4. The van der Waals surface area contributed by atoms with E-state index in [0.717, 1.165) is 6.33 Å². The topological polar surface area (TPSA) is 177 Å². The number of hydrogen-bond donors (Lipinski definition) is 4. The number of hydrazine groups is 2. The van der Waals surface area contributed by atoms with Crippen LogP contribution < -0.4 is 21.7 Å². The molecular formula is C14H11N7O6. The predicted octanol–water partition coefficient (Wildman–Crippen LogP) is 1.08. The fourth-order valence-electron chi connectivity index (χ4n) is 1.91. The molecule has 0 unspecified atom stereocenters. The quantitative estimate of drug-likeness (QED) is 0.346. The Bertz CT molecular complexity index is 886. The van der Waals surface area contributed by atoms with Gasteiger partial charge in [-0.1, -0.05) is 0 Å². The molecule has 0 aliphatic heterocycles. The van der Waals surface area contributed by atoms with Crippen molar-refractivity contribution in [2.24, 2.45) is 0 Å². The molecule has 0 aliphatic rings. The maximum atomic E-state index is 11.8. The number of nitrogens with zero attached hydrogens (tertiary/aromatic N) is 3. The zero-order chi connectivity index (χ0) is 19.2. The molecule has 4 N–H and O–H groups in total. The van der Waals surface area contributed by atoms with Gasteiger partial charge in [-0.2, -0.15) is 0 Å². The predicted molar refractivity (Wildman–Crippen MR) is 88.3 cm³/mol. The van der Waals surface area contributed by atoms with Crippen LogP contribution in [-0.2, 0) is 0 Å². The van der Waals surface area contributed by atoms with Crippen molar-refractivity contribution in [2.45, 2.75) is 0 Å². The van der Waals surface area contributed by atoms with E-state index in [2.05, 4.69) is 31.7 Å². The lowest BCUT2D eigenvalue weighted by Crippen LogP contribution is -2.32. The van der Waals surface area contributed by atoms with Crippen molar-refractivity contribution >= 4 is 29.1 Å². The van der Waals surface area contributed by atoms with Crippen molar-refractivity contribution in [3.63, 3.8) is 0 Å². The van der Waals surface area contributed by atoms with E-state index in [1.807, 2.05) is 0 Å². The maximum Gasteiger partial charge on any atom is 0.356 e. The van der Waals surface area contributed by atoms with E-state index in [0.29, 0.717) is 0 Å². The van der Waals surface area contributed by atoms with Gasteiger partial charge in [-0.25, -0.2) is 9.97 Å². The summed E-state index contributed by atoms with van der Waals surface area (Å²) in [6.07, 6.45) is 3.59. The van der Waals surface area contributed by atoms with Crippen LogP contribution in [0.3, 0.4) is 0 Å². The van der Waals surface area contributed by atoms with Crippen LogP contribution in [0.25, 0.3) is 0 Å². The fraction of sp³-hybridized carbons (Fsp3) is 0. The Morgan fingerprint density at radius 3 is 1.78 bits per heavy atom. The summed E-state index contributed by atoms with van der Waals surface area (Å²) in [6, 6.07) is 5.82. The van der Waals surface area contributed by atoms with Crippen molar-refractivity contribution in [3.05, 3.63) is 64.8 Å². The molecule has 3 aromatic heterocycles. The highest BCUT2D eigenvalue weighted by atomic mass is 16.6. The summed E-state index contributed by atoms with van der Waals surface area (Å²) in [4.78, 5) is 41.7. The molecule has 0 atom stereocenters. The smallest absolute Gasteiger partial charge is 0.356 e. The first-order valence-electron chi connectivity index (χ1n) is 7.25. The molecule has 0 aliphatic carbocycles. The molecular weight excluding hydrogens is 362 g/mol. The summed E-state index contributed by atoms with van der Waals surface area (Å²) in [5.74, 6) is -2.00. The van der Waals surface area contributed by atoms with Crippen LogP contribution in [-0.4, -0.2) is 26.7 Å². The normalized spacial score (nSPS) is 10.1. The van der Waals surface area contributed by atoms with Crippen LogP contribution in [0.5, 0.6) is 0 Å². The van der Waals surface area contributed by atoms with Crippen molar-refractivity contribution < 1.29 is 23.3 Å². The Balaban J connectivity index is 1.73. The number of hydrogen-bond acceptors (Lipinski definition) is 10. The molecule has 0 saturated heterocycles. The molecule has 0 fully saturated rings. The largest absolute Gasteiger partial charge is 0.459 e. The van der Waals surface area contributed by atoms with E-state index in [9.17, 15) is 19.7 Å². The van der Waals surface area contributed by atoms with Crippen LogP contribution in [0.2, 0.25) is 0 Å². The number of furan rings is 2. The maximum absolute atomic E-state index is 11.8. The molecule has 27 heavy (non-hydrogen) atoms. The van der Waals surface area contributed by atoms with Gasteiger partial charge in [0.25, 0.3) is 0 Å². The number of aromatic nitrogens is 2. The third-order valence-corrected chi connectivity index (χ3v) is 3.08. The van der Waals surface area contributed by atoms with Crippen LogP contribution in [0, 0.1) is 10.1 Å². The first-order valence-corrected chi connectivity index (χ1v) is 7.25. The van der Waals surface area contributed by atoms with Crippen LogP contribution >= 0.6 is 0 Å². The fourth-order valence-corrected chi connectivity index (χ4v) is 1.91. The van der Waals surface area contributed by atoms with Crippen molar-refractivity contribution in [2.75, 3.05) is 10.9 Å². The Kier molecular flexibility index (Phi) is 4.93. The average molecular weight is 373 g/mol. The van der Waals surface area contributed by atoms with E-state index in [1.165, 1.54) is 36.8 Å². The van der Waals surface area contributed by atoms with Crippen LogP contribution in [0.4, 0.5) is 17.3 Å². The van der Waals surface area contributed by atoms with E-state index < -0.39 is 22.4 Å². The summed E-state index contributed by atoms with van der Waals surface area (Å²) in [6.45, 7) is 0. The molecule has 0 saturated carbocycles. The highest BCUT2D eigenvalue weighted by molar-refractivity contribution is 5.93. The van der Waals surface area contributed by atoms with E-state index >= 15 is 0 Å². The monoisotopic (exact) mass is 373 g/mol. The van der Waals surface area contributed by atoms with Gasteiger partial charge in [0.1, 0.15) is 6.33 Å². The highest BCUT2D eigenvalue weighted by Gasteiger charge is 2.24. The van der Waals surface area contributed by atoms with Crippen molar-refractivity contribution in [1.82, 2.24) is 20.8 Å². The molecule has 138 valence electrons. The minimum absolute atomic E-state index is 0.0109. The minimum atomic E-state index is -0.789. The highest BCUT2D eigenvalue weighted by Crippen LogP contribution is 2.27. The van der Waals surface area contributed by atoms with Gasteiger partial charge in [0.05, 0.1) is 17.4 Å². The van der Waals surface area contributed by atoms with Crippen molar-refractivity contribution in [1.29, 1.82) is 0 Å². The van der Waals surface area contributed by atoms with Gasteiger partial charge in [-0.3, -0.25) is 41.4 Å². The molecule has 0 bridgehead atoms. The summed E-state index contributed by atoms with van der Waals surface area (Å²) in [5.41, 5.74) is 8.42. The molecule has 0 spiro atoms. The first kappa shape index (κ1) is 17.4. The zero-order valence-corrected chi connectivity index (χ0v) is 13.3. The van der Waals surface area contributed by atoms with E-state index in [-0.39, 0.29) is 23.2 Å². The number of anilines is 2. The molecule has 13 nitrogen and oxygen atoms in total. The van der Waals surface area contributed by atoms with Gasteiger partial charge in [0.15, 0.2) is 11.5 Å². The average Bonchev–Trinajstić information content (AvgIpc) is 3.37. The van der Waals surface area contributed by atoms with Gasteiger partial charge in [-0.05, 0) is 24.3 Å². The SMILES string of the molecule is O=C(NNc1ncnc(NNC(=O)c2ccco2)c1[N+](=O)[O-])c1ccco1.